The molecule has 1 saturated heterocycles. The predicted octanol–water partition coefficient (Wildman–Crippen LogP) is 0.241. The van der Waals surface area contributed by atoms with Crippen molar-refractivity contribution < 1.29 is 14.3 Å². The Labute approximate surface area is 106 Å². The highest BCUT2D eigenvalue weighted by Gasteiger charge is 2.31. The molecule has 2 atom stereocenters. The molecule has 0 aliphatic carbocycles. The third-order valence-electron chi connectivity index (χ3n) is 3.00. The zero-order valence-electron chi connectivity index (χ0n) is 10.4. The number of para-hydroxylation sites is 1. The number of hydrogen-bond acceptors (Lipinski definition) is 3. The lowest BCUT2D eigenvalue weighted by molar-refractivity contribution is -0.136. The van der Waals surface area contributed by atoms with Crippen molar-refractivity contribution in [3.63, 3.8) is 0 Å². The van der Waals surface area contributed by atoms with Crippen molar-refractivity contribution in [3.05, 3.63) is 29.8 Å². The Morgan fingerprint density at radius 2 is 1.89 bits per heavy atom. The first-order valence-electron chi connectivity index (χ1n) is 5.84. The van der Waals surface area contributed by atoms with Crippen LogP contribution >= 0.6 is 0 Å². The maximum absolute atomic E-state index is 11.8. The molecule has 1 aromatic rings. The molecule has 1 aromatic carbocycles. The molecule has 1 aliphatic rings. The third kappa shape index (κ3) is 2.45. The molecular weight excluding hydrogens is 232 g/mol. The molecule has 2 amide bonds. The number of rotatable bonds is 3. The lowest BCUT2D eigenvalue weighted by atomic mass is 10.0. The summed E-state index contributed by atoms with van der Waals surface area (Å²) in [5.74, 6) is 0.403. The number of ether oxygens (including phenoxy) is 1. The van der Waals surface area contributed by atoms with Gasteiger partial charge in [-0.3, -0.25) is 9.59 Å². The van der Waals surface area contributed by atoms with Crippen molar-refractivity contribution in [2.75, 3.05) is 7.11 Å². The summed E-state index contributed by atoms with van der Waals surface area (Å²) in [6, 6.07) is 6.46. The zero-order chi connectivity index (χ0) is 13.1. The van der Waals surface area contributed by atoms with Crippen molar-refractivity contribution in [1.82, 2.24) is 10.6 Å². The molecule has 5 heteroatoms. The molecule has 5 nitrogen and oxygen atoms in total. The molecule has 0 spiro atoms. The normalized spacial score (nSPS) is 23.2. The second-order valence-electron chi connectivity index (χ2n) is 4.31. The van der Waals surface area contributed by atoms with Gasteiger partial charge in [-0.25, -0.2) is 0 Å². The van der Waals surface area contributed by atoms with E-state index in [1.54, 1.807) is 14.0 Å². The van der Waals surface area contributed by atoms with Crippen LogP contribution in [0.25, 0.3) is 0 Å². The molecule has 1 aliphatic heterocycles. The quantitative estimate of drug-likeness (QED) is 0.805. The number of piperazine rings is 1. The second kappa shape index (κ2) is 5.08. The molecule has 0 radical (unpaired) electrons. The van der Waals surface area contributed by atoms with Gasteiger partial charge < -0.3 is 15.4 Å². The molecule has 96 valence electrons. The maximum Gasteiger partial charge on any atom is 0.243 e. The van der Waals surface area contributed by atoms with Crippen LogP contribution in [0, 0.1) is 0 Å². The molecule has 2 rings (SSSR count). The molecule has 18 heavy (non-hydrogen) atoms. The summed E-state index contributed by atoms with van der Waals surface area (Å²) in [5.41, 5.74) is 0.898. The average molecular weight is 248 g/mol. The van der Waals surface area contributed by atoms with E-state index in [1.165, 1.54) is 0 Å². The Kier molecular flexibility index (Phi) is 3.50. The van der Waals surface area contributed by atoms with Gasteiger partial charge in [0.1, 0.15) is 17.8 Å². The van der Waals surface area contributed by atoms with Crippen LogP contribution in [-0.2, 0) is 16.0 Å². The van der Waals surface area contributed by atoms with Crippen LogP contribution < -0.4 is 15.4 Å². The van der Waals surface area contributed by atoms with Gasteiger partial charge >= 0.3 is 0 Å². The van der Waals surface area contributed by atoms with Gasteiger partial charge in [-0.15, -0.1) is 0 Å². The highest BCUT2D eigenvalue weighted by molar-refractivity contribution is 5.96. The molecule has 0 saturated carbocycles. The Balaban J connectivity index is 2.13. The third-order valence-corrected chi connectivity index (χ3v) is 3.00. The van der Waals surface area contributed by atoms with Crippen LogP contribution in [0.15, 0.2) is 24.3 Å². The van der Waals surface area contributed by atoms with E-state index < -0.39 is 12.1 Å². The van der Waals surface area contributed by atoms with Gasteiger partial charge in [-0.05, 0) is 18.6 Å². The van der Waals surface area contributed by atoms with Crippen molar-refractivity contribution in [1.29, 1.82) is 0 Å². The van der Waals surface area contributed by atoms with Gasteiger partial charge in [0.05, 0.1) is 7.11 Å². The van der Waals surface area contributed by atoms with E-state index in [0.29, 0.717) is 6.42 Å². The summed E-state index contributed by atoms with van der Waals surface area (Å²) < 4.78 is 5.23. The number of nitrogens with one attached hydrogen (secondary N) is 2. The van der Waals surface area contributed by atoms with Crippen LogP contribution in [0.1, 0.15) is 12.5 Å². The Bertz CT molecular complexity index is 473. The van der Waals surface area contributed by atoms with Crippen LogP contribution in [0.4, 0.5) is 0 Å². The van der Waals surface area contributed by atoms with Crippen LogP contribution in [0.2, 0.25) is 0 Å². The minimum atomic E-state index is -0.537. The van der Waals surface area contributed by atoms with Crippen LogP contribution in [0.3, 0.4) is 0 Å². The fraction of sp³-hybridized carbons (Fsp3) is 0.385. The molecule has 1 heterocycles. The number of carbonyl (C=O) groups is 2. The van der Waals surface area contributed by atoms with Crippen LogP contribution in [-0.4, -0.2) is 31.0 Å². The molecular formula is C13H16N2O3. The monoisotopic (exact) mass is 248 g/mol. The fourth-order valence-electron chi connectivity index (χ4n) is 1.98. The SMILES string of the molecule is COc1ccccc1C[C@@H]1NC(=O)[C@@H](C)NC1=O. The number of carbonyl (C=O) groups excluding carboxylic acids is 2. The highest BCUT2D eigenvalue weighted by atomic mass is 16.5. The lowest BCUT2D eigenvalue weighted by Crippen LogP contribution is -2.61. The summed E-state index contributed by atoms with van der Waals surface area (Å²) in [6.45, 7) is 1.66. The van der Waals surface area contributed by atoms with Gasteiger partial charge in [-0.2, -0.15) is 0 Å². The zero-order valence-corrected chi connectivity index (χ0v) is 10.4. The largest absolute Gasteiger partial charge is 0.496 e. The van der Waals surface area contributed by atoms with Gasteiger partial charge in [0.15, 0.2) is 0 Å². The van der Waals surface area contributed by atoms with E-state index in [2.05, 4.69) is 10.6 Å². The number of benzene rings is 1. The summed E-state index contributed by atoms with van der Waals surface area (Å²) >= 11 is 0. The van der Waals surface area contributed by atoms with E-state index in [4.69, 9.17) is 4.74 Å². The summed E-state index contributed by atoms with van der Waals surface area (Å²) in [7, 11) is 1.58. The van der Waals surface area contributed by atoms with Gasteiger partial charge in [0.25, 0.3) is 0 Å². The smallest absolute Gasteiger partial charge is 0.243 e. The van der Waals surface area contributed by atoms with E-state index in [0.717, 1.165) is 11.3 Å². The van der Waals surface area contributed by atoms with Crippen molar-refractivity contribution in [3.8, 4) is 5.75 Å². The first-order chi connectivity index (χ1) is 8.61. The Morgan fingerprint density at radius 3 is 2.61 bits per heavy atom. The summed E-state index contributed by atoms with van der Waals surface area (Å²) in [5, 5.41) is 5.35. The number of methoxy groups -OCH3 is 1. The summed E-state index contributed by atoms with van der Waals surface area (Å²) in [6.07, 6.45) is 0.425. The minimum absolute atomic E-state index is 0.158. The average Bonchev–Trinajstić information content (AvgIpc) is 2.36. The van der Waals surface area contributed by atoms with E-state index in [-0.39, 0.29) is 11.8 Å². The topological polar surface area (TPSA) is 67.4 Å². The predicted molar refractivity (Wildman–Crippen MR) is 66.2 cm³/mol. The first kappa shape index (κ1) is 12.4. The van der Waals surface area contributed by atoms with E-state index in [9.17, 15) is 9.59 Å². The molecule has 0 unspecified atom stereocenters. The Hall–Kier alpha value is -2.04. The second-order valence-corrected chi connectivity index (χ2v) is 4.31. The maximum atomic E-state index is 11.8. The molecule has 0 aromatic heterocycles. The number of hydrogen-bond donors (Lipinski definition) is 2. The standard InChI is InChI=1S/C13H16N2O3/c1-8-12(16)15-10(13(17)14-8)7-9-5-3-4-6-11(9)18-2/h3-6,8,10H,7H2,1-2H3,(H,14,17)(H,15,16)/t8-,10+/m1/s1. The van der Waals surface area contributed by atoms with E-state index >= 15 is 0 Å². The molecule has 0 bridgehead atoms. The van der Waals surface area contributed by atoms with Crippen molar-refractivity contribution in [2.45, 2.75) is 25.4 Å². The van der Waals surface area contributed by atoms with Gasteiger partial charge in [0, 0.05) is 6.42 Å². The first-order valence-corrected chi connectivity index (χ1v) is 5.84. The number of amides is 2. The van der Waals surface area contributed by atoms with Gasteiger partial charge in [0.2, 0.25) is 11.8 Å². The van der Waals surface area contributed by atoms with Crippen molar-refractivity contribution in [2.24, 2.45) is 0 Å². The Morgan fingerprint density at radius 1 is 1.17 bits per heavy atom. The molecule has 2 N–H and O–H groups in total. The van der Waals surface area contributed by atoms with E-state index in [1.807, 2.05) is 24.3 Å². The van der Waals surface area contributed by atoms with Crippen LogP contribution in [0.5, 0.6) is 5.75 Å². The van der Waals surface area contributed by atoms with Gasteiger partial charge in [-0.1, -0.05) is 18.2 Å². The van der Waals surface area contributed by atoms with Crippen molar-refractivity contribution >= 4 is 11.8 Å². The fourth-order valence-corrected chi connectivity index (χ4v) is 1.98. The lowest BCUT2D eigenvalue weighted by Gasteiger charge is -2.27. The molecule has 1 fully saturated rings. The minimum Gasteiger partial charge on any atom is -0.496 e. The summed E-state index contributed by atoms with van der Waals surface area (Å²) in [4.78, 5) is 23.3. The highest BCUT2D eigenvalue weighted by Crippen LogP contribution is 2.19.